The third-order valence-electron chi connectivity index (χ3n) is 5.03. The van der Waals surface area contributed by atoms with Gasteiger partial charge < -0.3 is 14.7 Å². The molecule has 1 N–H and O–H groups in total. The average molecular weight is 385 g/mol. The van der Waals surface area contributed by atoms with Crippen LogP contribution in [-0.4, -0.2) is 35.2 Å². The summed E-state index contributed by atoms with van der Waals surface area (Å²) in [5.41, 5.74) is 4.05. The first-order valence-electron chi connectivity index (χ1n) is 10.4. The van der Waals surface area contributed by atoms with Crippen molar-refractivity contribution in [3.05, 3.63) is 52.8 Å². The number of hydrogen-bond acceptors (Lipinski definition) is 4. The molecule has 1 aromatic heterocycles. The SMILES string of the molecule is Cc1cccc(CN(C)CCCCOc2ccc(CCC(C)C)c(O)c2C)n1. The van der Waals surface area contributed by atoms with E-state index in [9.17, 15) is 5.11 Å². The molecule has 4 nitrogen and oxygen atoms in total. The van der Waals surface area contributed by atoms with E-state index in [1.165, 1.54) is 0 Å². The number of ether oxygens (including phenoxy) is 1. The molecule has 154 valence electrons. The minimum Gasteiger partial charge on any atom is -0.507 e. The van der Waals surface area contributed by atoms with Gasteiger partial charge in [0.2, 0.25) is 0 Å². The smallest absolute Gasteiger partial charge is 0.125 e. The van der Waals surface area contributed by atoms with Crippen molar-refractivity contribution in [1.29, 1.82) is 0 Å². The van der Waals surface area contributed by atoms with E-state index in [2.05, 4.69) is 42.9 Å². The second-order valence-corrected chi connectivity index (χ2v) is 8.19. The number of phenols is 1. The van der Waals surface area contributed by atoms with Gasteiger partial charge in [-0.3, -0.25) is 4.98 Å². The monoisotopic (exact) mass is 384 g/mol. The van der Waals surface area contributed by atoms with Gasteiger partial charge in [0.25, 0.3) is 0 Å². The van der Waals surface area contributed by atoms with Crippen molar-refractivity contribution in [3.63, 3.8) is 0 Å². The average Bonchev–Trinajstić information content (AvgIpc) is 2.64. The number of benzene rings is 1. The van der Waals surface area contributed by atoms with Crippen molar-refractivity contribution in [2.24, 2.45) is 5.92 Å². The lowest BCUT2D eigenvalue weighted by Gasteiger charge is -2.17. The summed E-state index contributed by atoms with van der Waals surface area (Å²) in [6.07, 6.45) is 4.05. The summed E-state index contributed by atoms with van der Waals surface area (Å²) >= 11 is 0. The first-order chi connectivity index (χ1) is 13.4. The highest BCUT2D eigenvalue weighted by atomic mass is 16.5. The molecule has 0 saturated heterocycles. The van der Waals surface area contributed by atoms with Crippen molar-refractivity contribution in [1.82, 2.24) is 9.88 Å². The number of hydrogen-bond donors (Lipinski definition) is 1. The number of aryl methyl sites for hydroxylation is 2. The van der Waals surface area contributed by atoms with Gasteiger partial charge in [-0.1, -0.05) is 26.0 Å². The van der Waals surface area contributed by atoms with E-state index >= 15 is 0 Å². The zero-order valence-corrected chi connectivity index (χ0v) is 18.2. The fraction of sp³-hybridized carbons (Fsp3) is 0.542. The number of phenolic OH excluding ortho intramolecular Hbond substituents is 1. The second-order valence-electron chi connectivity index (χ2n) is 8.19. The van der Waals surface area contributed by atoms with Crippen molar-refractivity contribution in [2.45, 2.75) is 59.9 Å². The molecule has 0 aliphatic heterocycles. The van der Waals surface area contributed by atoms with Crippen molar-refractivity contribution in [2.75, 3.05) is 20.2 Å². The summed E-state index contributed by atoms with van der Waals surface area (Å²) in [5.74, 6) is 1.82. The van der Waals surface area contributed by atoms with Crippen LogP contribution >= 0.6 is 0 Å². The molecule has 0 amide bonds. The zero-order valence-electron chi connectivity index (χ0n) is 18.2. The molecule has 0 spiro atoms. The molecular weight excluding hydrogens is 348 g/mol. The van der Waals surface area contributed by atoms with E-state index in [-0.39, 0.29) is 0 Å². The summed E-state index contributed by atoms with van der Waals surface area (Å²) in [5, 5.41) is 10.4. The molecule has 1 heterocycles. The van der Waals surface area contributed by atoms with Crippen LogP contribution in [0.3, 0.4) is 0 Å². The summed E-state index contributed by atoms with van der Waals surface area (Å²) in [6, 6.07) is 10.2. The van der Waals surface area contributed by atoms with Crippen LogP contribution < -0.4 is 4.74 Å². The Morgan fingerprint density at radius 3 is 2.61 bits per heavy atom. The maximum Gasteiger partial charge on any atom is 0.125 e. The molecule has 4 heteroatoms. The second kappa shape index (κ2) is 11.1. The predicted molar refractivity (Wildman–Crippen MR) is 116 cm³/mol. The predicted octanol–water partition coefficient (Wildman–Crippen LogP) is 5.28. The highest BCUT2D eigenvalue weighted by molar-refractivity contribution is 5.48. The third-order valence-corrected chi connectivity index (χ3v) is 5.03. The minimum absolute atomic E-state index is 0.392. The van der Waals surface area contributed by atoms with E-state index in [1.807, 2.05) is 32.0 Å². The number of aromatic hydroxyl groups is 1. The van der Waals surface area contributed by atoms with Gasteiger partial charge in [-0.25, -0.2) is 0 Å². The Bertz CT molecular complexity index is 743. The van der Waals surface area contributed by atoms with E-state index in [4.69, 9.17) is 4.74 Å². The Morgan fingerprint density at radius 1 is 1.11 bits per heavy atom. The Balaban J connectivity index is 1.72. The first kappa shape index (κ1) is 22.2. The molecule has 0 unspecified atom stereocenters. The number of rotatable bonds is 11. The lowest BCUT2D eigenvalue weighted by atomic mass is 10.00. The lowest BCUT2D eigenvalue weighted by molar-refractivity contribution is 0.272. The van der Waals surface area contributed by atoms with E-state index in [0.29, 0.717) is 18.3 Å². The summed E-state index contributed by atoms with van der Waals surface area (Å²) in [6.45, 7) is 10.9. The quantitative estimate of drug-likeness (QED) is 0.535. The number of unbranched alkanes of at least 4 members (excludes halogenated alkanes) is 1. The van der Waals surface area contributed by atoms with Crippen molar-refractivity contribution >= 4 is 0 Å². The number of aromatic nitrogens is 1. The third kappa shape index (κ3) is 7.16. The van der Waals surface area contributed by atoms with Crippen LogP contribution in [0.1, 0.15) is 55.6 Å². The van der Waals surface area contributed by atoms with Gasteiger partial charge in [-0.2, -0.15) is 0 Å². The lowest BCUT2D eigenvalue weighted by Crippen LogP contribution is -2.20. The normalized spacial score (nSPS) is 11.4. The molecular formula is C24H36N2O2. The van der Waals surface area contributed by atoms with Gasteiger partial charge in [0, 0.05) is 17.8 Å². The zero-order chi connectivity index (χ0) is 20.5. The standard InChI is InChI=1S/C24H36N2O2/c1-18(2)11-12-21-13-14-23(20(4)24(21)27)28-16-7-6-15-26(5)17-22-10-8-9-19(3)25-22/h8-10,13-14,18,27H,6-7,11-12,15-17H2,1-5H3. The van der Waals surface area contributed by atoms with Gasteiger partial charge in [0.05, 0.1) is 12.3 Å². The van der Waals surface area contributed by atoms with Crippen LogP contribution in [0, 0.1) is 19.8 Å². The largest absolute Gasteiger partial charge is 0.507 e. The fourth-order valence-corrected chi connectivity index (χ4v) is 3.25. The fourth-order valence-electron chi connectivity index (χ4n) is 3.25. The van der Waals surface area contributed by atoms with E-state index in [1.54, 1.807) is 0 Å². The van der Waals surface area contributed by atoms with Gasteiger partial charge >= 0.3 is 0 Å². The molecule has 2 rings (SSSR count). The highest BCUT2D eigenvalue weighted by Crippen LogP contribution is 2.31. The molecule has 0 radical (unpaired) electrons. The molecule has 28 heavy (non-hydrogen) atoms. The van der Waals surface area contributed by atoms with Crippen molar-refractivity contribution in [3.8, 4) is 11.5 Å². The molecule has 0 saturated carbocycles. The molecule has 0 atom stereocenters. The van der Waals surface area contributed by atoms with Crippen LogP contribution in [0.4, 0.5) is 0 Å². The summed E-state index contributed by atoms with van der Waals surface area (Å²) in [7, 11) is 2.13. The molecule has 1 aromatic carbocycles. The van der Waals surface area contributed by atoms with Gasteiger partial charge in [0.1, 0.15) is 11.5 Å². The molecule has 0 aliphatic carbocycles. The minimum atomic E-state index is 0.392. The van der Waals surface area contributed by atoms with Gasteiger partial charge in [0.15, 0.2) is 0 Å². The summed E-state index contributed by atoms with van der Waals surface area (Å²) < 4.78 is 5.92. The molecule has 0 aliphatic rings. The van der Waals surface area contributed by atoms with Crippen LogP contribution in [0.2, 0.25) is 0 Å². The molecule has 0 bridgehead atoms. The maximum atomic E-state index is 10.4. The Kier molecular flexibility index (Phi) is 8.78. The van der Waals surface area contributed by atoms with Crippen LogP contribution in [-0.2, 0) is 13.0 Å². The van der Waals surface area contributed by atoms with Gasteiger partial charge in [-0.15, -0.1) is 0 Å². The topological polar surface area (TPSA) is 45.6 Å². The summed E-state index contributed by atoms with van der Waals surface area (Å²) in [4.78, 5) is 6.85. The Labute approximate surface area is 170 Å². The van der Waals surface area contributed by atoms with E-state index in [0.717, 1.165) is 67.0 Å². The van der Waals surface area contributed by atoms with Crippen LogP contribution in [0.25, 0.3) is 0 Å². The van der Waals surface area contributed by atoms with E-state index < -0.39 is 0 Å². The van der Waals surface area contributed by atoms with Crippen molar-refractivity contribution < 1.29 is 9.84 Å². The maximum absolute atomic E-state index is 10.4. The number of nitrogens with zero attached hydrogens (tertiary/aromatic N) is 2. The molecule has 2 aromatic rings. The first-order valence-corrected chi connectivity index (χ1v) is 10.4. The van der Waals surface area contributed by atoms with Crippen LogP contribution in [0.15, 0.2) is 30.3 Å². The number of pyridine rings is 1. The molecule has 0 fully saturated rings. The van der Waals surface area contributed by atoms with Crippen LogP contribution in [0.5, 0.6) is 11.5 Å². The Morgan fingerprint density at radius 2 is 1.89 bits per heavy atom. The Hall–Kier alpha value is -2.07. The highest BCUT2D eigenvalue weighted by Gasteiger charge is 2.10. The van der Waals surface area contributed by atoms with Gasteiger partial charge in [-0.05, 0) is 82.8 Å².